The molecule has 6 heteroatoms. The van der Waals surface area contributed by atoms with Gasteiger partial charge in [-0.3, -0.25) is 10.1 Å². The maximum atomic E-state index is 11.6. The predicted molar refractivity (Wildman–Crippen MR) is 79.4 cm³/mol. The van der Waals surface area contributed by atoms with Crippen LogP contribution < -0.4 is 19.5 Å². The highest BCUT2D eigenvalue weighted by Crippen LogP contribution is 2.37. The Balaban J connectivity index is 3.31. The number of nitrogens with one attached hydrogen (secondary N) is 1. The van der Waals surface area contributed by atoms with Crippen LogP contribution in [-0.2, 0) is 4.79 Å². The van der Waals surface area contributed by atoms with Crippen LogP contribution in [0.4, 0.5) is 0 Å². The summed E-state index contributed by atoms with van der Waals surface area (Å²) in [4.78, 5) is 11.6. The largest absolute Gasteiger partial charge is 0.496 e. The summed E-state index contributed by atoms with van der Waals surface area (Å²) in [7, 11) is 4.52. The molecule has 0 amide bonds. The normalized spacial score (nSPS) is 13.4. The zero-order chi connectivity index (χ0) is 16.0. The summed E-state index contributed by atoms with van der Waals surface area (Å²) in [5, 5.41) is 12.6. The fourth-order valence-corrected chi connectivity index (χ4v) is 1.97. The second kappa shape index (κ2) is 7.73. The maximum absolute atomic E-state index is 11.6. The number of hydrogen-bond acceptors (Lipinski definition) is 5. The SMILES string of the molecule is CCC(C)NC(C(=O)O)c1cc(OC)c(OC)cc1OC. The van der Waals surface area contributed by atoms with Crippen LogP contribution in [0.25, 0.3) is 0 Å². The Bertz CT molecular complexity index is 489. The Morgan fingerprint density at radius 2 is 1.67 bits per heavy atom. The van der Waals surface area contributed by atoms with E-state index in [4.69, 9.17) is 14.2 Å². The first-order chi connectivity index (χ1) is 9.98. The Kier molecular flexibility index (Phi) is 6.30. The predicted octanol–water partition coefficient (Wildman–Crippen LogP) is 2.23. The molecule has 0 aliphatic heterocycles. The number of hydrogen-bond donors (Lipinski definition) is 2. The van der Waals surface area contributed by atoms with Crippen LogP contribution in [0.5, 0.6) is 17.2 Å². The first-order valence-corrected chi connectivity index (χ1v) is 6.77. The lowest BCUT2D eigenvalue weighted by Crippen LogP contribution is -2.35. The third kappa shape index (κ3) is 4.01. The van der Waals surface area contributed by atoms with Crippen molar-refractivity contribution in [3.63, 3.8) is 0 Å². The molecule has 2 unspecified atom stereocenters. The molecule has 118 valence electrons. The minimum absolute atomic E-state index is 0.0592. The van der Waals surface area contributed by atoms with Gasteiger partial charge < -0.3 is 19.3 Å². The van der Waals surface area contributed by atoms with E-state index in [2.05, 4.69) is 5.32 Å². The summed E-state index contributed by atoms with van der Waals surface area (Å²) < 4.78 is 15.7. The van der Waals surface area contributed by atoms with Crippen LogP contribution in [-0.4, -0.2) is 38.4 Å². The molecule has 0 aliphatic carbocycles. The second-order valence-electron chi connectivity index (χ2n) is 4.70. The van der Waals surface area contributed by atoms with Gasteiger partial charge in [0, 0.05) is 17.7 Å². The zero-order valence-electron chi connectivity index (χ0n) is 13.1. The second-order valence-corrected chi connectivity index (χ2v) is 4.70. The highest BCUT2D eigenvalue weighted by atomic mass is 16.5. The highest BCUT2D eigenvalue weighted by Gasteiger charge is 2.26. The first kappa shape index (κ1) is 17.1. The number of benzene rings is 1. The summed E-state index contributed by atoms with van der Waals surface area (Å²) in [6, 6.07) is 2.44. The molecule has 0 aromatic heterocycles. The lowest BCUT2D eigenvalue weighted by molar-refractivity contribution is -0.139. The number of ether oxygens (including phenoxy) is 3. The van der Waals surface area contributed by atoms with Gasteiger partial charge in [0.15, 0.2) is 11.5 Å². The van der Waals surface area contributed by atoms with E-state index < -0.39 is 12.0 Å². The number of carbonyl (C=O) groups is 1. The molecule has 0 radical (unpaired) electrons. The van der Waals surface area contributed by atoms with Crippen LogP contribution in [0.2, 0.25) is 0 Å². The number of methoxy groups -OCH3 is 3. The summed E-state index contributed by atoms with van der Waals surface area (Å²) in [5.41, 5.74) is 0.503. The Morgan fingerprint density at radius 3 is 2.10 bits per heavy atom. The van der Waals surface area contributed by atoms with Crippen LogP contribution in [0, 0.1) is 0 Å². The molecule has 0 bridgehead atoms. The van der Waals surface area contributed by atoms with Gasteiger partial charge in [0.2, 0.25) is 0 Å². The molecule has 0 saturated heterocycles. The van der Waals surface area contributed by atoms with Crippen molar-refractivity contribution in [1.29, 1.82) is 0 Å². The van der Waals surface area contributed by atoms with Crippen molar-refractivity contribution in [3.05, 3.63) is 17.7 Å². The van der Waals surface area contributed by atoms with Gasteiger partial charge in [-0.15, -0.1) is 0 Å². The summed E-state index contributed by atoms with van der Waals surface area (Å²) in [6.45, 7) is 3.92. The topological polar surface area (TPSA) is 77.0 Å². The van der Waals surface area contributed by atoms with Crippen molar-refractivity contribution in [2.75, 3.05) is 21.3 Å². The van der Waals surface area contributed by atoms with E-state index in [-0.39, 0.29) is 6.04 Å². The van der Waals surface area contributed by atoms with E-state index in [1.807, 2.05) is 13.8 Å². The van der Waals surface area contributed by atoms with E-state index in [1.54, 1.807) is 12.1 Å². The molecule has 0 aliphatic rings. The number of carboxylic acid groups (broad SMARTS) is 1. The zero-order valence-corrected chi connectivity index (χ0v) is 13.1. The molecule has 6 nitrogen and oxygen atoms in total. The molecule has 0 fully saturated rings. The van der Waals surface area contributed by atoms with Crippen molar-refractivity contribution in [2.24, 2.45) is 0 Å². The van der Waals surface area contributed by atoms with Gasteiger partial charge >= 0.3 is 5.97 Å². The summed E-state index contributed by atoms with van der Waals surface area (Å²) in [6.07, 6.45) is 0.819. The van der Waals surface area contributed by atoms with Crippen LogP contribution >= 0.6 is 0 Å². The monoisotopic (exact) mass is 297 g/mol. The third-order valence-electron chi connectivity index (χ3n) is 3.36. The molecule has 1 rings (SSSR count). The van der Waals surface area contributed by atoms with Crippen molar-refractivity contribution in [2.45, 2.75) is 32.4 Å². The van der Waals surface area contributed by atoms with E-state index >= 15 is 0 Å². The Labute approximate surface area is 125 Å². The van der Waals surface area contributed by atoms with Crippen LogP contribution in [0.1, 0.15) is 31.9 Å². The summed E-state index contributed by atoms with van der Waals surface area (Å²) >= 11 is 0. The van der Waals surface area contributed by atoms with Gasteiger partial charge in [-0.25, -0.2) is 0 Å². The third-order valence-corrected chi connectivity index (χ3v) is 3.36. The Hall–Kier alpha value is -1.95. The maximum Gasteiger partial charge on any atom is 0.325 e. The quantitative estimate of drug-likeness (QED) is 0.766. The average molecular weight is 297 g/mol. The lowest BCUT2D eigenvalue weighted by atomic mass is 10.0. The van der Waals surface area contributed by atoms with Crippen molar-refractivity contribution in [3.8, 4) is 17.2 Å². The molecule has 0 heterocycles. The van der Waals surface area contributed by atoms with E-state index in [0.29, 0.717) is 22.8 Å². The lowest BCUT2D eigenvalue weighted by Gasteiger charge is -2.22. The fraction of sp³-hybridized carbons (Fsp3) is 0.533. The number of carboxylic acids is 1. The molecule has 2 N–H and O–H groups in total. The van der Waals surface area contributed by atoms with Gasteiger partial charge in [0.1, 0.15) is 11.8 Å². The molecular formula is C15H23NO5. The van der Waals surface area contributed by atoms with Gasteiger partial charge in [-0.2, -0.15) is 0 Å². The van der Waals surface area contributed by atoms with Gasteiger partial charge in [0.25, 0.3) is 0 Å². The van der Waals surface area contributed by atoms with Crippen molar-refractivity contribution < 1.29 is 24.1 Å². The molecule has 1 aromatic carbocycles. The van der Waals surface area contributed by atoms with E-state index in [1.165, 1.54) is 21.3 Å². The Morgan fingerprint density at radius 1 is 1.14 bits per heavy atom. The molecule has 0 saturated carbocycles. The minimum atomic E-state index is -0.971. The van der Waals surface area contributed by atoms with Gasteiger partial charge in [0.05, 0.1) is 21.3 Å². The smallest absolute Gasteiger partial charge is 0.325 e. The number of rotatable bonds is 8. The summed E-state index contributed by atoms with van der Waals surface area (Å²) in [5.74, 6) is 0.424. The minimum Gasteiger partial charge on any atom is -0.496 e. The standard InChI is InChI=1S/C15H23NO5/c1-6-9(2)16-14(15(17)18)10-7-12(20-4)13(21-5)8-11(10)19-3/h7-9,14,16H,6H2,1-5H3,(H,17,18). The van der Waals surface area contributed by atoms with Crippen molar-refractivity contribution in [1.82, 2.24) is 5.32 Å². The molecule has 2 atom stereocenters. The van der Waals surface area contributed by atoms with E-state index in [9.17, 15) is 9.90 Å². The molecule has 1 aromatic rings. The van der Waals surface area contributed by atoms with Gasteiger partial charge in [-0.05, 0) is 19.4 Å². The van der Waals surface area contributed by atoms with Crippen LogP contribution in [0.15, 0.2) is 12.1 Å². The number of aliphatic carboxylic acids is 1. The van der Waals surface area contributed by atoms with Crippen molar-refractivity contribution >= 4 is 5.97 Å². The first-order valence-electron chi connectivity index (χ1n) is 6.77. The average Bonchev–Trinajstić information content (AvgIpc) is 2.50. The molecule has 21 heavy (non-hydrogen) atoms. The molecule has 0 spiro atoms. The fourth-order valence-electron chi connectivity index (χ4n) is 1.97. The van der Waals surface area contributed by atoms with E-state index in [0.717, 1.165) is 6.42 Å². The highest BCUT2D eigenvalue weighted by molar-refractivity contribution is 5.77. The van der Waals surface area contributed by atoms with Crippen LogP contribution in [0.3, 0.4) is 0 Å². The molecular weight excluding hydrogens is 274 g/mol. The van der Waals surface area contributed by atoms with Gasteiger partial charge in [-0.1, -0.05) is 6.92 Å².